The lowest BCUT2D eigenvalue weighted by molar-refractivity contribution is -0.332. The zero-order valence-corrected chi connectivity index (χ0v) is 33.9. The van der Waals surface area contributed by atoms with Crippen LogP contribution in [-0.4, -0.2) is 142 Å². The summed E-state index contributed by atoms with van der Waals surface area (Å²) in [4.78, 5) is 25.4. The molecule has 0 aromatic rings. The summed E-state index contributed by atoms with van der Waals surface area (Å²) in [6.45, 7) is 2.48. The van der Waals surface area contributed by atoms with E-state index in [1.165, 1.54) is 51.4 Å². The Bertz CT molecular complexity index is 1040. The molecule has 4 unspecified atom stereocenters. The van der Waals surface area contributed by atoms with E-state index in [2.05, 4.69) is 26.0 Å². The Morgan fingerprint density at radius 3 is 1.59 bits per heavy atom. The maximum absolute atomic E-state index is 12.8. The van der Waals surface area contributed by atoms with Crippen molar-refractivity contribution in [3.8, 4) is 0 Å². The average Bonchev–Trinajstić information content (AvgIpc) is 3.19. The van der Waals surface area contributed by atoms with E-state index >= 15 is 0 Å². The highest BCUT2D eigenvalue weighted by Crippen LogP contribution is 2.26. The number of hydrogen-bond donors (Lipinski definition) is 7. The second-order valence-electron chi connectivity index (χ2n) is 15.2. The fraction of sp³-hybridized carbons (Fsp3) is 0.902. The van der Waals surface area contributed by atoms with Gasteiger partial charge in [-0.1, -0.05) is 103 Å². The Hall–Kier alpha value is -1.76. The number of aliphatic hydroxyl groups is 7. The molecule has 0 aromatic carbocycles. The molecule has 7 N–H and O–H groups in total. The van der Waals surface area contributed by atoms with Crippen LogP contribution in [0.1, 0.15) is 142 Å². The van der Waals surface area contributed by atoms with E-state index in [0.717, 1.165) is 51.4 Å². The first-order valence-electron chi connectivity index (χ1n) is 21.3. The van der Waals surface area contributed by atoms with Crippen LogP contribution in [0.4, 0.5) is 0 Å². The number of hydrogen-bond acceptors (Lipinski definition) is 15. The molecule has 0 aliphatic carbocycles. The van der Waals surface area contributed by atoms with Gasteiger partial charge in [0.15, 0.2) is 18.7 Å². The third kappa shape index (κ3) is 19.8. The van der Waals surface area contributed by atoms with Gasteiger partial charge < -0.3 is 64.2 Å². The maximum Gasteiger partial charge on any atom is 0.306 e. The molecule has 2 saturated heterocycles. The zero-order valence-electron chi connectivity index (χ0n) is 33.9. The molecule has 0 spiro atoms. The summed E-state index contributed by atoms with van der Waals surface area (Å²) in [6.07, 6.45) is 7.22. The molecular formula is C41H74O15. The highest BCUT2D eigenvalue weighted by molar-refractivity contribution is 5.70. The predicted molar refractivity (Wildman–Crippen MR) is 206 cm³/mol. The molecule has 2 heterocycles. The van der Waals surface area contributed by atoms with Gasteiger partial charge in [0.2, 0.25) is 0 Å². The number of carbonyl (C=O) groups is 2. The van der Waals surface area contributed by atoms with Crippen LogP contribution in [0.2, 0.25) is 0 Å². The predicted octanol–water partition coefficient (Wildman–Crippen LogP) is 3.48. The summed E-state index contributed by atoms with van der Waals surface area (Å²) in [6, 6.07) is 0. The number of esters is 2. The lowest BCUT2D eigenvalue weighted by atomic mass is 9.98. The van der Waals surface area contributed by atoms with Gasteiger partial charge in [0.1, 0.15) is 55.4 Å². The maximum atomic E-state index is 12.8. The number of rotatable bonds is 31. The first-order chi connectivity index (χ1) is 27.0. The zero-order chi connectivity index (χ0) is 41.1. The van der Waals surface area contributed by atoms with E-state index < -0.39 is 92.7 Å². The molecule has 0 amide bonds. The molecular weight excluding hydrogens is 732 g/mol. The summed E-state index contributed by atoms with van der Waals surface area (Å²) in [5.74, 6) is -0.950. The van der Waals surface area contributed by atoms with Gasteiger partial charge >= 0.3 is 11.9 Å². The number of carbonyl (C=O) groups excluding carboxylic acids is 2. The Morgan fingerprint density at radius 1 is 0.554 bits per heavy atom. The Kier molecular flexibility index (Phi) is 27.3. The molecule has 0 saturated carbocycles. The van der Waals surface area contributed by atoms with E-state index in [4.69, 9.17) is 28.4 Å². The molecule has 0 aromatic heterocycles. The Labute approximate surface area is 333 Å². The molecule has 0 radical (unpaired) electrons. The lowest BCUT2D eigenvalue weighted by Crippen LogP contribution is -2.61. The van der Waals surface area contributed by atoms with Gasteiger partial charge in [-0.15, -0.1) is 0 Å². The van der Waals surface area contributed by atoms with Gasteiger partial charge in [-0.25, -0.2) is 0 Å². The van der Waals surface area contributed by atoms with Crippen molar-refractivity contribution in [2.45, 2.75) is 210 Å². The normalized spacial score (nSPS) is 28.7. The summed E-state index contributed by atoms with van der Waals surface area (Å²) in [7, 11) is 0. The minimum absolute atomic E-state index is 0.148. The third-order valence-corrected chi connectivity index (χ3v) is 10.2. The molecule has 15 nitrogen and oxygen atoms in total. The van der Waals surface area contributed by atoms with E-state index in [-0.39, 0.29) is 26.1 Å². The van der Waals surface area contributed by atoms with Crippen LogP contribution in [0.15, 0.2) is 12.2 Å². The number of allylic oxidation sites excluding steroid dienone is 2. The van der Waals surface area contributed by atoms with E-state index in [9.17, 15) is 45.3 Å². The molecule has 15 heteroatoms. The number of ether oxygens (including phenoxy) is 6. The quantitative estimate of drug-likeness (QED) is 0.0302. The van der Waals surface area contributed by atoms with Gasteiger partial charge in [-0.05, 0) is 38.5 Å². The van der Waals surface area contributed by atoms with Gasteiger partial charge in [0.25, 0.3) is 0 Å². The molecule has 2 aliphatic heterocycles. The molecule has 2 rings (SSSR count). The largest absolute Gasteiger partial charge is 0.462 e. The van der Waals surface area contributed by atoms with Crippen molar-refractivity contribution >= 4 is 11.9 Å². The topological polar surface area (TPSA) is 231 Å². The van der Waals surface area contributed by atoms with E-state index in [1.807, 2.05) is 0 Å². The molecule has 2 aliphatic rings. The van der Waals surface area contributed by atoms with Crippen molar-refractivity contribution in [1.82, 2.24) is 0 Å². The Balaban J connectivity index is 1.88. The van der Waals surface area contributed by atoms with Crippen LogP contribution in [0.5, 0.6) is 0 Å². The van der Waals surface area contributed by atoms with Gasteiger partial charge in [-0.2, -0.15) is 0 Å². The summed E-state index contributed by atoms with van der Waals surface area (Å²) >= 11 is 0. The van der Waals surface area contributed by atoms with Gasteiger partial charge in [0, 0.05) is 12.8 Å². The Morgan fingerprint density at radius 2 is 1.02 bits per heavy atom. The van der Waals surface area contributed by atoms with Crippen LogP contribution in [0.3, 0.4) is 0 Å². The van der Waals surface area contributed by atoms with E-state index in [1.54, 1.807) is 0 Å². The highest BCUT2D eigenvalue weighted by atomic mass is 16.7. The van der Waals surface area contributed by atoms with Gasteiger partial charge in [0.05, 0.1) is 19.8 Å². The molecule has 2 fully saturated rings. The fourth-order valence-electron chi connectivity index (χ4n) is 6.62. The monoisotopic (exact) mass is 807 g/mol. The minimum Gasteiger partial charge on any atom is -0.462 e. The van der Waals surface area contributed by atoms with Crippen molar-refractivity contribution < 1.29 is 73.8 Å². The third-order valence-electron chi connectivity index (χ3n) is 10.2. The van der Waals surface area contributed by atoms with Crippen molar-refractivity contribution in [2.75, 3.05) is 26.4 Å². The first kappa shape index (κ1) is 50.4. The SMILES string of the molecule is CCCCCCCC/C=C/CCCCCC(=O)O[C@H](COC(=O)CCCCCCCCC)CO[C@@H]1O[C@H](CO[C@@H]2O[C@H](CO)[C@H](O)C(O)C2O)[C@H](O)C(O)C1O. The lowest BCUT2D eigenvalue weighted by Gasteiger charge is -2.42. The smallest absolute Gasteiger partial charge is 0.306 e. The average molecular weight is 807 g/mol. The van der Waals surface area contributed by atoms with Crippen molar-refractivity contribution in [3.05, 3.63) is 12.2 Å². The fourth-order valence-corrected chi connectivity index (χ4v) is 6.62. The molecule has 0 bridgehead atoms. The number of aliphatic hydroxyl groups excluding tert-OH is 7. The van der Waals surface area contributed by atoms with Crippen molar-refractivity contribution in [2.24, 2.45) is 0 Å². The van der Waals surface area contributed by atoms with Crippen LogP contribution in [0, 0.1) is 0 Å². The minimum atomic E-state index is -1.76. The summed E-state index contributed by atoms with van der Waals surface area (Å²) in [5, 5.41) is 71.6. The van der Waals surface area contributed by atoms with Crippen molar-refractivity contribution in [1.29, 1.82) is 0 Å². The van der Waals surface area contributed by atoms with Crippen molar-refractivity contribution in [3.63, 3.8) is 0 Å². The molecule has 328 valence electrons. The van der Waals surface area contributed by atoms with Crippen LogP contribution in [-0.2, 0) is 38.0 Å². The number of unbranched alkanes of at least 4 members (excludes halogenated alkanes) is 15. The first-order valence-corrected chi connectivity index (χ1v) is 21.3. The van der Waals surface area contributed by atoms with Crippen LogP contribution in [0.25, 0.3) is 0 Å². The van der Waals surface area contributed by atoms with Crippen LogP contribution >= 0.6 is 0 Å². The van der Waals surface area contributed by atoms with Gasteiger partial charge in [-0.3, -0.25) is 9.59 Å². The molecule has 56 heavy (non-hydrogen) atoms. The summed E-state index contributed by atoms with van der Waals surface area (Å²) in [5.41, 5.74) is 0. The second kappa shape index (κ2) is 30.3. The van der Waals surface area contributed by atoms with Crippen LogP contribution < -0.4 is 0 Å². The highest BCUT2D eigenvalue weighted by Gasteiger charge is 2.47. The standard InChI is InChI=1S/C41H74O15/c1-3-5-7-9-11-12-13-14-15-16-18-20-22-24-33(44)54-29(26-51-32(43)23-21-19-17-10-8-6-4-2)27-52-40-39(50)37(48)35(46)31(56-40)28-53-41-38(49)36(47)34(45)30(25-42)55-41/h14-15,29-31,34-42,45-50H,3-13,16-28H2,1-2H3/b15-14+/t29-,30-,31-,34+,35+,36?,37?,38?,39?,40-,41-/m1/s1. The molecule has 11 atom stereocenters. The second-order valence-corrected chi connectivity index (χ2v) is 15.2. The van der Waals surface area contributed by atoms with E-state index in [0.29, 0.717) is 12.8 Å². The summed E-state index contributed by atoms with van der Waals surface area (Å²) < 4.78 is 33.3.